The van der Waals surface area contributed by atoms with Crippen LogP contribution < -0.4 is 5.32 Å². The van der Waals surface area contributed by atoms with Crippen molar-refractivity contribution in [1.82, 2.24) is 4.90 Å². The highest BCUT2D eigenvalue weighted by atomic mass is 32.2. The van der Waals surface area contributed by atoms with E-state index in [1.807, 2.05) is 4.90 Å². The van der Waals surface area contributed by atoms with E-state index in [0.29, 0.717) is 38.5 Å². The van der Waals surface area contributed by atoms with Gasteiger partial charge >= 0.3 is 6.18 Å². The standard InChI is InChI=1S/C15H20F3N3O4S/c1-26(24,25)9-8-20-6-4-12(5-7-20)19-13-3-2-11(15(16,17)18)10-14(13)21(22)23/h2-3,10,12,19H,4-9H2,1H3. The summed E-state index contributed by atoms with van der Waals surface area (Å²) in [6, 6.07) is 2.30. The Morgan fingerprint density at radius 2 is 1.92 bits per heavy atom. The summed E-state index contributed by atoms with van der Waals surface area (Å²) >= 11 is 0. The van der Waals surface area contributed by atoms with Crippen LogP contribution in [-0.2, 0) is 16.0 Å². The summed E-state index contributed by atoms with van der Waals surface area (Å²) < 4.78 is 60.6. The van der Waals surface area contributed by atoms with Crippen LogP contribution in [0.5, 0.6) is 0 Å². The lowest BCUT2D eigenvalue weighted by Gasteiger charge is -2.32. The van der Waals surface area contributed by atoms with E-state index in [-0.39, 0.29) is 17.5 Å². The second-order valence-corrected chi connectivity index (χ2v) is 8.64. The second-order valence-electron chi connectivity index (χ2n) is 6.38. The molecule has 2 rings (SSSR count). The van der Waals surface area contributed by atoms with Crippen LogP contribution in [0.3, 0.4) is 0 Å². The van der Waals surface area contributed by atoms with E-state index in [1.165, 1.54) is 6.26 Å². The fourth-order valence-corrected chi connectivity index (χ4v) is 3.39. The third-order valence-electron chi connectivity index (χ3n) is 4.25. The Hall–Kier alpha value is -1.88. The minimum atomic E-state index is -4.64. The maximum Gasteiger partial charge on any atom is 0.416 e. The molecule has 0 atom stereocenters. The number of anilines is 1. The zero-order valence-corrected chi connectivity index (χ0v) is 14.9. The molecule has 0 unspecified atom stereocenters. The van der Waals surface area contributed by atoms with Crippen molar-refractivity contribution in [2.75, 3.05) is 37.0 Å². The fraction of sp³-hybridized carbons (Fsp3) is 0.600. The molecule has 0 bridgehead atoms. The Kier molecular flexibility index (Phi) is 6.12. The molecule has 1 saturated heterocycles. The monoisotopic (exact) mass is 395 g/mol. The van der Waals surface area contributed by atoms with Gasteiger partial charge in [0.05, 0.1) is 16.2 Å². The van der Waals surface area contributed by atoms with E-state index in [0.717, 1.165) is 12.1 Å². The Balaban J connectivity index is 2.00. The maximum atomic E-state index is 12.7. The van der Waals surface area contributed by atoms with Crippen molar-refractivity contribution in [3.8, 4) is 0 Å². The highest BCUT2D eigenvalue weighted by Crippen LogP contribution is 2.35. The SMILES string of the molecule is CS(=O)(=O)CCN1CCC(Nc2ccc(C(F)(F)F)cc2[N+](=O)[O-])CC1. The Morgan fingerprint density at radius 1 is 1.31 bits per heavy atom. The summed E-state index contributed by atoms with van der Waals surface area (Å²) in [5, 5.41) is 14.1. The van der Waals surface area contributed by atoms with Gasteiger partial charge in [-0.05, 0) is 25.0 Å². The highest BCUT2D eigenvalue weighted by molar-refractivity contribution is 7.90. The summed E-state index contributed by atoms with van der Waals surface area (Å²) in [6.07, 6.45) is -2.25. The number of benzene rings is 1. The Labute approximate surface area is 149 Å². The summed E-state index contributed by atoms with van der Waals surface area (Å²) in [7, 11) is -3.04. The minimum absolute atomic E-state index is 0.0533. The zero-order chi connectivity index (χ0) is 19.5. The van der Waals surface area contributed by atoms with E-state index < -0.39 is 32.2 Å². The van der Waals surface area contributed by atoms with Gasteiger partial charge in [-0.2, -0.15) is 13.2 Å². The molecule has 1 aromatic rings. The molecule has 1 heterocycles. The average molecular weight is 395 g/mol. The van der Waals surface area contributed by atoms with E-state index in [2.05, 4.69) is 5.32 Å². The summed E-state index contributed by atoms with van der Waals surface area (Å²) in [5.74, 6) is 0.0650. The lowest BCUT2D eigenvalue weighted by Crippen LogP contribution is -2.41. The molecule has 1 aliphatic heterocycles. The van der Waals surface area contributed by atoms with E-state index in [1.54, 1.807) is 0 Å². The van der Waals surface area contributed by atoms with Crippen LogP contribution in [0.2, 0.25) is 0 Å². The first kappa shape index (κ1) is 20.4. The van der Waals surface area contributed by atoms with Crippen LogP contribution in [0.25, 0.3) is 0 Å². The number of alkyl halides is 3. The first-order chi connectivity index (χ1) is 12.0. The fourth-order valence-electron chi connectivity index (χ4n) is 2.80. The topological polar surface area (TPSA) is 92.6 Å². The van der Waals surface area contributed by atoms with Gasteiger partial charge in [0.2, 0.25) is 0 Å². The summed E-state index contributed by atoms with van der Waals surface area (Å²) in [6.45, 7) is 1.65. The highest BCUT2D eigenvalue weighted by Gasteiger charge is 2.33. The number of hydrogen-bond donors (Lipinski definition) is 1. The number of hydrogen-bond acceptors (Lipinski definition) is 6. The minimum Gasteiger partial charge on any atom is -0.377 e. The molecule has 26 heavy (non-hydrogen) atoms. The van der Waals surface area contributed by atoms with Gasteiger partial charge in [-0.25, -0.2) is 8.42 Å². The molecule has 146 valence electrons. The normalized spacial score (nSPS) is 17.2. The molecule has 0 aliphatic carbocycles. The Morgan fingerprint density at radius 3 is 2.42 bits per heavy atom. The predicted octanol–water partition coefficient (Wildman–Crippen LogP) is 2.53. The van der Waals surface area contributed by atoms with Crippen molar-refractivity contribution in [2.45, 2.75) is 25.1 Å². The van der Waals surface area contributed by atoms with Crippen molar-refractivity contribution in [1.29, 1.82) is 0 Å². The van der Waals surface area contributed by atoms with Gasteiger partial charge < -0.3 is 10.2 Å². The smallest absolute Gasteiger partial charge is 0.377 e. The first-order valence-electron chi connectivity index (χ1n) is 7.98. The van der Waals surface area contributed by atoms with Crippen LogP contribution in [-0.4, -0.2) is 55.9 Å². The number of halogens is 3. The Bertz CT molecular complexity index is 760. The van der Waals surface area contributed by atoms with Gasteiger partial charge in [0, 0.05) is 38.0 Å². The average Bonchev–Trinajstić information content (AvgIpc) is 2.52. The maximum absolute atomic E-state index is 12.7. The number of nitrogens with zero attached hydrogens (tertiary/aromatic N) is 2. The van der Waals surface area contributed by atoms with Crippen LogP contribution in [0, 0.1) is 10.1 Å². The molecule has 1 N–H and O–H groups in total. The second kappa shape index (κ2) is 7.78. The number of piperidine rings is 1. The number of likely N-dealkylation sites (tertiary alicyclic amines) is 1. The quantitative estimate of drug-likeness (QED) is 0.588. The molecule has 7 nitrogen and oxygen atoms in total. The molecule has 11 heteroatoms. The van der Waals surface area contributed by atoms with Gasteiger partial charge in [-0.1, -0.05) is 0 Å². The third kappa shape index (κ3) is 5.84. The van der Waals surface area contributed by atoms with E-state index in [4.69, 9.17) is 0 Å². The molecule has 1 fully saturated rings. The molecular formula is C15H20F3N3O4S. The number of rotatable bonds is 6. The van der Waals surface area contributed by atoms with Crippen molar-refractivity contribution in [2.24, 2.45) is 0 Å². The number of nitrogens with one attached hydrogen (secondary N) is 1. The van der Waals surface area contributed by atoms with Crippen LogP contribution in [0.15, 0.2) is 18.2 Å². The molecule has 0 radical (unpaired) electrons. The van der Waals surface area contributed by atoms with Crippen LogP contribution >= 0.6 is 0 Å². The van der Waals surface area contributed by atoms with Crippen LogP contribution in [0.1, 0.15) is 18.4 Å². The van der Waals surface area contributed by atoms with Gasteiger partial charge in [0.1, 0.15) is 15.5 Å². The molecule has 0 amide bonds. The van der Waals surface area contributed by atoms with Gasteiger partial charge in [-0.3, -0.25) is 10.1 Å². The van der Waals surface area contributed by atoms with E-state index in [9.17, 15) is 31.7 Å². The molecule has 0 aromatic heterocycles. The molecule has 0 spiro atoms. The lowest BCUT2D eigenvalue weighted by molar-refractivity contribution is -0.384. The van der Waals surface area contributed by atoms with Gasteiger partial charge in [-0.15, -0.1) is 0 Å². The molecule has 1 aliphatic rings. The molecule has 0 saturated carbocycles. The number of nitro benzene ring substituents is 1. The first-order valence-corrected chi connectivity index (χ1v) is 10.0. The number of sulfone groups is 1. The largest absolute Gasteiger partial charge is 0.416 e. The molecule has 1 aromatic carbocycles. The number of nitro groups is 1. The predicted molar refractivity (Wildman–Crippen MR) is 90.9 cm³/mol. The summed E-state index contributed by atoms with van der Waals surface area (Å²) in [5.41, 5.74) is -1.62. The third-order valence-corrected chi connectivity index (χ3v) is 5.17. The van der Waals surface area contributed by atoms with Crippen molar-refractivity contribution >= 4 is 21.2 Å². The van der Waals surface area contributed by atoms with Gasteiger partial charge in [0.25, 0.3) is 5.69 Å². The van der Waals surface area contributed by atoms with Crippen LogP contribution in [0.4, 0.5) is 24.5 Å². The van der Waals surface area contributed by atoms with Crippen molar-refractivity contribution < 1.29 is 26.5 Å². The summed E-state index contributed by atoms with van der Waals surface area (Å²) in [4.78, 5) is 12.3. The van der Waals surface area contributed by atoms with E-state index >= 15 is 0 Å². The van der Waals surface area contributed by atoms with Gasteiger partial charge in [0.15, 0.2) is 0 Å². The molecular weight excluding hydrogens is 375 g/mol. The zero-order valence-electron chi connectivity index (χ0n) is 14.1. The van der Waals surface area contributed by atoms with Crippen molar-refractivity contribution in [3.05, 3.63) is 33.9 Å². The van der Waals surface area contributed by atoms with Crippen molar-refractivity contribution in [3.63, 3.8) is 0 Å². The lowest BCUT2D eigenvalue weighted by atomic mass is 10.0.